The van der Waals surface area contributed by atoms with E-state index in [0.717, 1.165) is 6.07 Å². The van der Waals surface area contributed by atoms with Gasteiger partial charge in [-0.25, -0.2) is 9.37 Å². The molecule has 3 N–H and O–H groups in total. The van der Waals surface area contributed by atoms with E-state index >= 15 is 0 Å². The van der Waals surface area contributed by atoms with Crippen LogP contribution in [0.25, 0.3) is 10.9 Å². The number of nitrogens with two attached hydrogens (primary N) is 1. The summed E-state index contributed by atoms with van der Waals surface area (Å²) in [4.78, 5) is 17.8. The summed E-state index contributed by atoms with van der Waals surface area (Å²) in [6.07, 6.45) is 0. The SMILES string of the molecule is Cc1nc2c(N)ccc(F)c2c(=O)[nH]1. The third-order valence-corrected chi connectivity index (χ3v) is 1.96. The number of fused-ring (bicyclic) bond motifs is 1. The van der Waals surface area contributed by atoms with E-state index < -0.39 is 11.4 Å². The van der Waals surface area contributed by atoms with Gasteiger partial charge in [0.15, 0.2) is 0 Å². The van der Waals surface area contributed by atoms with Gasteiger partial charge in [0.05, 0.1) is 5.69 Å². The number of benzene rings is 1. The van der Waals surface area contributed by atoms with Gasteiger partial charge < -0.3 is 10.7 Å². The number of aryl methyl sites for hydroxylation is 1. The lowest BCUT2D eigenvalue weighted by Crippen LogP contribution is -2.12. The van der Waals surface area contributed by atoms with E-state index in [-0.39, 0.29) is 10.9 Å². The normalized spacial score (nSPS) is 10.7. The number of halogens is 1. The maximum atomic E-state index is 13.2. The van der Waals surface area contributed by atoms with Crippen molar-refractivity contribution in [3.8, 4) is 0 Å². The van der Waals surface area contributed by atoms with Crippen LogP contribution in [0.15, 0.2) is 16.9 Å². The summed E-state index contributed by atoms with van der Waals surface area (Å²) in [7, 11) is 0. The fraction of sp³-hybridized carbons (Fsp3) is 0.111. The first-order valence-corrected chi connectivity index (χ1v) is 4.04. The second-order valence-corrected chi connectivity index (χ2v) is 3.01. The highest BCUT2D eigenvalue weighted by atomic mass is 19.1. The number of aromatic nitrogens is 2. The van der Waals surface area contributed by atoms with Gasteiger partial charge >= 0.3 is 0 Å². The van der Waals surface area contributed by atoms with Crippen molar-refractivity contribution in [1.82, 2.24) is 9.97 Å². The molecule has 0 amide bonds. The van der Waals surface area contributed by atoms with Crippen LogP contribution in [0.2, 0.25) is 0 Å². The van der Waals surface area contributed by atoms with Crippen LogP contribution in [0, 0.1) is 12.7 Å². The second-order valence-electron chi connectivity index (χ2n) is 3.01. The number of nitrogen functional groups attached to an aromatic ring is 1. The smallest absolute Gasteiger partial charge is 0.261 e. The van der Waals surface area contributed by atoms with Crippen molar-refractivity contribution in [3.05, 3.63) is 34.1 Å². The summed E-state index contributed by atoms with van der Waals surface area (Å²) in [5.74, 6) is -0.192. The number of hydrogen-bond donors (Lipinski definition) is 2. The molecular weight excluding hydrogens is 185 g/mol. The van der Waals surface area contributed by atoms with Gasteiger partial charge in [0.1, 0.15) is 22.5 Å². The Hall–Kier alpha value is -1.91. The molecule has 0 aliphatic heterocycles. The van der Waals surface area contributed by atoms with Crippen molar-refractivity contribution >= 4 is 16.6 Å². The molecule has 2 aromatic rings. The lowest BCUT2D eigenvalue weighted by atomic mass is 10.2. The third kappa shape index (κ3) is 1.14. The van der Waals surface area contributed by atoms with Gasteiger partial charge in [0.2, 0.25) is 0 Å². The molecule has 0 radical (unpaired) electrons. The van der Waals surface area contributed by atoms with Crippen LogP contribution < -0.4 is 11.3 Å². The lowest BCUT2D eigenvalue weighted by Gasteiger charge is -2.02. The molecule has 0 saturated heterocycles. The van der Waals surface area contributed by atoms with Gasteiger partial charge in [0, 0.05) is 0 Å². The van der Waals surface area contributed by atoms with E-state index in [9.17, 15) is 9.18 Å². The average molecular weight is 193 g/mol. The Morgan fingerprint density at radius 3 is 2.93 bits per heavy atom. The van der Waals surface area contributed by atoms with Crippen LogP contribution in [0.1, 0.15) is 5.82 Å². The van der Waals surface area contributed by atoms with Gasteiger partial charge in [-0.15, -0.1) is 0 Å². The predicted octanol–water partition coefficient (Wildman–Crippen LogP) is 0.953. The summed E-state index contributed by atoms with van der Waals surface area (Å²) in [6.45, 7) is 1.62. The molecule has 0 aliphatic rings. The predicted molar refractivity (Wildman–Crippen MR) is 51.5 cm³/mol. The Morgan fingerprint density at radius 1 is 1.50 bits per heavy atom. The van der Waals surface area contributed by atoms with E-state index in [0.29, 0.717) is 11.5 Å². The molecule has 0 fully saturated rings. The van der Waals surface area contributed by atoms with Crippen LogP contribution in [0.3, 0.4) is 0 Å². The molecule has 5 heteroatoms. The second kappa shape index (κ2) is 2.80. The standard InChI is InChI=1S/C9H8FN3O/c1-4-12-8-6(11)3-2-5(10)7(8)9(14)13-4/h2-3H,11H2,1H3,(H,12,13,14). The molecule has 0 atom stereocenters. The molecule has 2 rings (SSSR count). The fourth-order valence-corrected chi connectivity index (χ4v) is 1.34. The maximum absolute atomic E-state index is 13.2. The van der Waals surface area contributed by atoms with Crippen molar-refractivity contribution in [1.29, 1.82) is 0 Å². The van der Waals surface area contributed by atoms with Crippen LogP contribution in [0.5, 0.6) is 0 Å². The Balaban J connectivity index is 3.08. The zero-order chi connectivity index (χ0) is 10.3. The van der Waals surface area contributed by atoms with Gasteiger partial charge in [-0.05, 0) is 19.1 Å². The van der Waals surface area contributed by atoms with Crippen LogP contribution in [-0.2, 0) is 0 Å². The van der Waals surface area contributed by atoms with Gasteiger partial charge in [0.25, 0.3) is 5.56 Å². The van der Waals surface area contributed by atoms with Crippen LogP contribution in [-0.4, -0.2) is 9.97 Å². The minimum absolute atomic E-state index is 0.0874. The van der Waals surface area contributed by atoms with Crippen molar-refractivity contribution in [3.63, 3.8) is 0 Å². The molecule has 14 heavy (non-hydrogen) atoms. The van der Waals surface area contributed by atoms with E-state index in [4.69, 9.17) is 5.73 Å². The van der Waals surface area contributed by atoms with Gasteiger partial charge in [-0.2, -0.15) is 0 Å². The fourth-order valence-electron chi connectivity index (χ4n) is 1.34. The maximum Gasteiger partial charge on any atom is 0.261 e. The number of aromatic amines is 1. The zero-order valence-corrected chi connectivity index (χ0v) is 7.47. The highest BCUT2D eigenvalue weighted by Gasteiger charge is 2.09. The molecule has 1 aromatic heterocycles. The van der Waals surface area contributed by atoms with Crippen molar-refractivity contribution in [2.45, 2.75) is 6.92 Å². The van der Waals surface area contributed by atoms with Crippen molar-refractivity contribution in [2.24, 2.45) is 0 Å². The van der Waals surface area contributed by atoms with Gasteiger partial charge in [-0.1, -0.05) is 0 Å². The van der Waals surface area contributed by atoms with E-state index in [1.165, 1.54) is 6.07 Å². The summed E-state index contributed by atoms with van der Waals surface area (Å²) in [5.41, 5.74) is 5.59. The zero-order valence-electron chi connectivity index (χ0n) is 7.47. The number of H-pyrrole nitrogens is 1. The summed E-state index contributed by atoms with van der Waals surface area (Å²) >= 11 is 0. The van der Waals surface area contributed by atoms with E-state index in [2.05, 4.69) is 9.97 Å². The summed E-state index contributed by atoms with van der Waals surface area (Å²) in [5, 5.41) is -0.0874. The lowest BCUT2D eigenvalue weighted by molar-refractivity contribution is 0.638. The number of anilines is 1. The number of hydrogen-bond acceptors (Lipinski definition) is 3. The number of rotatable bonds is 0. The molecule has 0 bridgehead atoms. The van der Waals surface area contributed by atoms with Gasteiger partial charge in [-0.3, -0.25) is 4.79 Å². The topological polar surface area (TPSA) is 71.8 Å². The molecule has 0 spiro atoms. The first-order chi connectivity index (χ1) is 6.59. The molecule has 72 valence electrons. The Kier molecular flexibility index (Phi) is 1.73. The van der Waals surface area contributed by atoms with Crippen molar-refractivity contribution < 1.29 is 4.39 Å². The average Bonchev–Trinajstić information content (AvgIpc) is 2.10. The molecule has 1 heterocycles. The monoisotopic (exact) mass is 193 g/mol. The van der Waals surface area contributed by atoms with E-state index in [1.807, 2.05) is 0 Å². The molecule has 0 aliphatic carbocycles. The number of nitrogens with zero attached hydrogens (tertiary/aromatic N) is 1. The molecular formula is C9H8FN3O. The first-order valence-electron chi connectivity index (χ1n) is 4.04. The quantitative estimate of drug-likeness (QED) is 0.612. The Labute approximate surface area is 78.6 Å². The largest absolute Gasteiger partial charge is 0.397 e. The number of nitrogens with one attached hydrogen (secondary N) is 1. The minimum atomic E-state index is -0.608. The summed E-state index contributed by atoms with van der Waals surface area (Å²) < 4.78 is 13.2. The first kappa shape index (κ1) is 8.68. The highest BCUT2D eigenvalue weighted by molar-refractivity contribution is 5.88. The highest BCUT2D eigenvalue weighted by Crippen LogP contribution is 2.18. The van der Waals surface area contributed by atoms with Crippen LogP contribution >= 0.6 is 0 Å². The molecule has 0 saturated carbocycles. The Morgan fingerprint density at radius 2 is 2.21 bits per heavy atom. The molecule has 0 unspecified atom stereocenters. The summed E-state index contributed by atoms with van der Waals surface area (Å²) in [6, 6.07) is 2.55. The molecule has 1 aromatic carbocycles. The van der Waals surface area contributed by atoms with E-state index in [1.54, 1.807) is 6.92 Å². The van der Waals surface area contributed by atoms with Crippen LogP contribution in [0.4, 0.5) is 10.1 Å². The molecule has 4 nitrogen and oxygen atoms in total. The minimum Gasteiger partial charge on any atom is -0.397 e. The van der Waals surface area contributed by atoms with Crippen molar-refractivity contribution in [2.75, 3.05) is 5.73 Å². The Bertz CT molecular complexity index is 562. The third-order valence-electron chi connectivity index (χ3n) is 1.96.